The maximum Gasteiger partial charge on any atom is 0.414 e. The van der Waals surface area contributed by atoms with Crippen LogP contribution >= 0.6 is 0 Å². The van der Waals surface area contributed by atoms with Crippen molar-refractivity contribution in [2.24, 2.45) is 5.92 Å². The molecule has 0 aromatic heterocycles. The Labute approximate surface area is 98.0 Å². The number of fused-ring (bicyclic) bond motifs is 2. The van der Waals surface area contributed by atoms with Crippen LogP contribution in [0.1, 0.15) is 13.3 Å². The number of esters is 1. The van der Waals surface area contributed by atoms with Gasteiger partial charge in [0.25, 0.3) is 0 Å². The van der Waals surface area contributed by atoms with Crippen LogP contribution < -0.4 is 0 Å². The first kappa shape index (κ1) is 13.4. The smallest absolute Gasteiger partial charge is 0.414 e. The fourth-order valence-corrected chi connectivity index (χ4v) is 2.08. The van der Waals surface area contributed by atoms with Gasteiger partial charge in [-0.15, -0.1) is 0 Å². The lowest BCUT2D eigenvalue weighted by atomic mass is 10.0. The molecule has 0 amide bonds. The van der Waals surface area contributed by atoms with Crippen LogP contribution in [0.4, 0.5) is 0 Å². The first-order valence-corrected chi connectivity index (χ1v) is 5.26. The Morgan fingerprint density at radius 3 is 2.06 bits per heavy atom. The number of nitrogens with zero attached hydrogens (tertiary/aromatic N) is 1. The van der Waals surface area contributed by atoms with Gasteiger partial charge in [0, 0.05) is 25.9 Å². The summed E-state index contributed by atoms with van der Waals surface area (Å²) in [6.07, 6.45) is 1.40. The van der Waals surface area contributed by atoms with Gasteiger partial charge in [-0.1, -0.05) is 0 Å². The molecule has 7 heteroatoms. The summed E-state index contributed by atoms with van der Waals surface area (Å²) in [5, 5.41) is 14.8. The van der Waals surface area contributed by atoms with E-state index in [0.717, 1.165) is 13.1 Å². The lowest BCUT2D eigenvalue weighted by Crippen LogP contribution is -2.31. The lowest BCUT2D eigenvalue weighted by molar-refractivity contribution is -0.159. The van der Waals surface area contributed by atoms with Gasteiger partial charge in [0.1, 0.15) is 6.10 Å². The second kappa shape index (κ2) is 5.62. The van der Waals surface area contributed by atoms with Crippen LogP contribution in [-0.4, -0.2) is 58.8 Å². The van der Waals surface area contributed by atoms with Crippen LogP contribution in [0.3, 0.4) is 0 Å². The molecular weight excluding hydrogens is 230 g/mol. The number of aliphatic carboxylic acids is 2. The third kappa shape index (κ3) is 4.03. The average molecular weight is 245 g/mol. The second-order valence-corrected chi connectivity index (χ2v) is 4.07. The molecule has 2 heterocycles. The first-order valence-electron chi connectivity index (χ1n) is 5.26. The molecule has 3 unspecified atom stereocenters. The topological polar surface area (TPSA) is 104 Å². The van der Waals surface area contributed by atoms with Crippen LogP contribution in [0.2, 0.25) is 0 Å². The Bertz CT molecular complexity index is 317. The molecule has 7 nitrogen and oxygen atoms in total. The van der Waals surface area contributed by atoms with Crippen LogP contribution in [0.15, 0.2) is 0 Å². The number of ether oxygens (including phenoxy) is 1. The van der Waals surface area contributed by atoms with E-state index in [0.29, 0.717) is 5.92 Å². The van der Waals surface area contributed by atoms with Crippen molar-refractivity contribution in [3.05, 3.63) is 0 Å². The third-order valence-electron chi connectivity index (χ3n) is 2.77. The molecule has 2 saturated heterocycles. The van der Waals surface area contributed by atoms with Crippen molar-refractivity contribution in [2.45, 2.75) is 19.4 Å². The van der Waals surface area contributed by atoms with Crippen molar-refractivity contribution in [1.29, 1.82) is 0 Å². The van der Waals surface area contributed by atoms with E-state index >= 15 is 0 Å². The van der Waals surface area contributed by atoms with E-state index in [1.165, 1.54) is 19.9 Å². The number of rotatable bonds is 1. The molecule has 0 aliphatic carbocycles. The molecule has 0 saturated carbocycles. The quantitative estimate of drug-likeness (QED) is 0.470. The van der Waals surface area contributed by atoms with Crippen LogP contribution in [0.5, 0.6) is 0 Å². The van der Waals surface area contributed by atoms with E-state index in [-0.39, 0.29) is 12.1 Å². The Kier molecular flexibility index (Phi) is 4.45. The molecule has 2 aliphatic rings. The maximum absolute atomic E-state index is 10.6. The molecule has 96 valence electrons. The molecule has 2 fully saturated rings. The Morgan fingerprint density at radius 1 is 1.18 bits per heavy atom. The highest BCUT2D eigenvalue weighted by Crippen LogP contribution is 2.29. The molecule has 2 N–H and O–H groups in total. The Balaban J connectivity index is 0.000000209. The number of hydrogen-bond acceptors (Lipinski definition) is 5. The maximum atomic E-state index is 10.6. The molecule has 0 aromatic rings. The average Bonchev–Trinajstić information content (AvgIpc) is 2.78. The number of carbonyl (C=O) groups is 3. The molecule has 2 bridgehead atoms. The van der Waals surface area contributed by atoms with E-state index in [2.05, 4.69) is 4.90 Å². The van der Waals surface area contributed by atoms with Gasteiger partial charge in [0.05, 0.1) is 0 Å². The van der Waals surface area contributed by atoms with Crippen molar-refractivity contribution in [1.82, 2.24) is 4.90 Å². The molecule has 3 atom stereocenters. The highest BCUT2D eigenvalue weighted by molar-refractivity contribution is 6.27. The van der Waals surface area contributed by atoms with Crippen LogP contribution in [0, 0.1) is 5.92 Å². The Morgan fingerprint density at radius 2 is 1.76 bits per heavy atom. The summed E-state index contributed by atoms with van der Waals surface area (Å²) in [4.78, 5) is 31.2. The van der Waals surface area contributed by atoms with E-state index in [9.17, 15) is 4.79 Å². The lowest BCUT2D eigenvalue weighted by Gasteiger charge is -2.21. The molecule has 0 radical (unpaired) electrons. The highest BCUT2D eigenvalue weighted by atomic mass is 16.5. The SMILES string of the molecule is CC(=O)OC1CN2CCC1C2.O=C(O)C(=O)O. The summed E-state index contributed by atoms with van der Waals surface area (Å²) < 4.78 is 5.16. The molecule has 0 spiro atoms. The zero-order valence-electron chi connectivity index (χ0n) is 9.46. The van der Waals surface area contributed by atoms with E-state index in [1.54, 1.807) is 0 Å². The molecular formula is C10H15NO6. The van der Waals surface area contributed by atoms with Gasteiger partial charge in [-0.2, -0.15) is 0 Å². The van der Waals surface area contributed by atoms with Crippen molar-refractivity contribution >= 4 is 17.9 Å². The summed E-state index contributed by atoms with van der Waals surface area (Å²) in [6.45, 7) is 4.78. The van der Waals surface area contributed by atoms with Gasteiger partial charge in [-0.25, -0.2) is 9.59 Å². The fraction of sp³-hybridized carbons (Fsp3) is 0.700. The van der Waals surface area contributed by atoms with E-state index in [4.69, 9.17) is 24.5 Å². The van der Waals surface area contributed by atoms with Gasteiger partial charge >= 0.3 is 17.9 Å². The normalized spacial score (nSPS) is 29.1. The largest absolute Gasteiger partial charge is 0.473 e. The second-order valence-electron chi connectivity index (χ2n) is 4.07. The zero-order valence-corrected chi connectivity index (χ0v) is 9.46. The molecule has 2 rings (SSSR count). The minimum Gasteiger partial charge on any atom is -0.473 e. The molecule has 0 aromatic carbocycles. The van der Waals surface area contributed by atoms with Crippen molar-refractivity contribution in [3.63, 3.8) is 0 Å². The summed E-state index contributed by atoms with van der Waals surface area (Å²) in [7, 11) is 0. The van der Waals surface area contributed by atoms with Crippen molar-refractivity contribution in [2.75, 3.05) is 19.6 Å². The predicted octanol–water partition coefficient (Wildman–Crippen LogP) is -0.591. The van der Waals surface area contributed by atoms with Crippen molar-refractivity contribution < 1.29 is 29.3 Å². The van der Waals surface area contributed by atoms with Crippen LogP contribution in [-0.2, 0) is 19.1 Å². The summed E-state index contributed by atoms with van der Waals surface area (Å²) in [5.74, 6) is -3.16. The number of hydrogen-bond donors (Lipinski definition) is 2. The number of piperidine rings is 1. The number of carbonyl (C=O) groups excluding carboxylic acids is 1. The van der Waals surface area contributed by atoms with Crippen LogP contribution in [0.25, 0.3) is 0 Å². The van der Waals surface area contributed by atoms with Gasteiger partial charge in [0.2, 0.25) is 0 Å². The minimum absolute atomic E-state index is 0.135. The fourth-order valence-electron chi connectivity index (χ4n) is 2.08. The highest BCUT2D eigenvalue weighted by Gasteiger charge is 2.39. The van der Waals surface area contributed by atoms with Crippen molar-refractivity contribution in [3.8, 4) is 0 Å². The number of carboxylic acids is 2. The van der Waals surface area contributed by atoms with E-state index < -0.39 is 11.9 Å². The number of carboxylic acid groups (broad SMARTS) is 2. The predicted molar refractivity (Wildman–Crippen MR) is 55.4 cm³/mol. The van der Waals surface area contributed by atoms with Gasteiger partial charge < -0.3 is 14.9 Å². The summed E-state index contributed by atoms with van der Waals surface area (Å²) in [6, 6.07) is 0. The molecule has 2 aliphatic heterocycles. The van der Waals surface area contributed by atoms with Gasteiger partial charge in [0.15, 0.2) is 0 Å². The van der Waals surface area contributed by atoms with Gasteiger partial charge in [-0.05, 0) is 13.0 Å². The molecule has 17 heavy (non-hydrogen) atoms. The monoisotopic (exact) mass is 245 g/mol. The standard InChI is InChI=1S/C8H13NO2.C2H2O4/c1-6(10)11-8-5-9-3-2-7(8)4-9;3-1(4)2(5)6/h7-8H,2-5H2,1H3;(H,3,4)(H,5,6). The zero-order chi connectivity index (χ0) is 13.0. The first-order chi connectivity index (χ1) is 7.90. The van der Waals surface area contributed by atoms with Gasteiger partial charge in [-0.3, -0.25) is 9.69 Å². The Hall–Kier alpha value is -1.63. The van der Waals surface area contributed by atoms with E-state index in [1.807, 2.05) is 0 Å². The summed E-state index contributed by atoms with van der Waals surface area (Å²) >= 11 is 0. The summed E-state index contributed by atoms with van der Waals surface area (Å²) in [5.41, 5.74) is 0. The third-order valence-corrected chi connectivity index (χ3v) is 2.77. The minimum atomic E-state index is -1.82.